The molecule has 0 N–H and O–H groups in total. The number of rotatable bonds is 3. The lowest BCUT2D eigenvalue weighted by molar-refractivity contribution is 0.101. The zero-order valence-electron chi connectivity index (χ0n) is 8.87. The Balaban J connectivity index is 3.20. The van der Waals surface area contributed by atoms with Gasteiger partial charge >= 0.3 is 0 Å². The first kappa shape index (κ1) is 10.5. The van der Waals surface area contributed by atoms with Gasteiger partial charge in [0.2, 0.25) is 5.88 Å². The summed E-state index contributed by atoms with van der Waals surface area (Å²) in [6.45, 7) is 1.52. The molecular weight excluding hydrogens is 180 g/mol. The van der Waals surface area contributed by atoms with Gasteiger partial charge in [-0.3, -0.25) is 4.79 Å². The van der Waals surface area contributed by atoms with Crippen molar-refractivity contribution in [3.8, 4) is 5.88 Å². The zero-order valence-corrected chi connectivity index (χ0v) is 8.87. The molecule has 0 aliphatic heterocycles. The Bertz CT molecular complexity index is 348. The SMILES string of the molecule is COc1cc(C(C)=O)cc(N(C)C)n1. The van der Waals surface area contributed by atoms with Crippen molar-refractivity contribution in [2.24, 2.45) is 0 Å². The third-order valence-electron chi connectivity index (χ3n) is 1.86. The van der Waals surface area contributed by atoms with Gasteiger partial charge in [-0.25, -0.2) is 0 Å². The summed E-state index contributed by atoms with van der Waals surface area (Å²) >= 11 is 0. The van der Waals surface area contributed by atoms with Crippen LogP contribution in [-0.2, 0) is 0 Å². The molecule has 0 spiro atoms. The van der Waals surface area contributed by atoms with Crippen LogP contribution in [0.1, 0.15) is 17.3 Å². The second kappa shape index (κ2) is 4.09. The van der Waals surface area contributed by atoms with Gasteiger partial charge in [-0.1, -0.05) is 0 Å². The lowest BCUT2D eigenvalue weighted by Gasteiger charge is -2.13. The second-order valence-electron chi connectivity index (χ2n) is 3.21. The topological polar surface area (TPSA) is 42.4 Å². The first-order chi connectivity index (χ1) is 6.54. The fourth-order valence-corrected chi connectivity index (χ4v) is 1.03. The molecule has 76 valence electrons. The number of aromatic nitrogens is 1. The van der Waals surface area contributed by atoms with Gasteiger partial charge in [0.25, 0.3) is 0 Å². The molecule has 0 aliphatic rings. The number of ketones is 1. The van der Waals surface area contributed by atoms with E-state index in [9.17, 15) is 4.79 Å². The van der Waals surface area contributed by atoms with Crippen molar-refractivity contribution in [3.05, 3.63) is 17.7 Å². The zero-order chi connectivity index (χ0) is 10.7. The van der Waals surface area contributed by atoms with Crippen molar-refractivity contribution < 1.29 is 9.53 Å². The number of carbonyl (C=O) groups excluding carboxylic acids is 1. The van der Waals surface area contributed by atoms with E-state index in [1.54, 1.807) is 12.1 Å². The largest absolute Gasteiger partial charge is 0.481 e. The maximum Gasteiger partial charge on any atom is 0.215 e. The highest BCUT2D eigenvalue weighted by Gasteiger charge is 2.07. The molecule has 0 aliphatic carbocycles. The summed E-state index contributed by atoms with van der Waals surface area (Å²) in [7, 11) is 5.27. The van der Waals surface area contributed by atoms with E-state index < -0.39 is 0 Å². The molecule has 0 saturated heterocycles. The van der Waals surface area contributed by atoms with Gasteiger partial charge in [0.1, 0.15) is 5.82 Å². The number of nitrogens with zero attached hydrogens (tertiary/aromatic N) is 2. The molecule has 1 heterocycles. The average molecular weight is 194 g/mol. The van der Waals surface area contributed by atoms with E-state index in [1.807, 2.05) is 19.0 Å². The van der Waals surface area contributed by atoms with Gasteiger partial charge < -0.3 is 9.64 Å². The lowest BCUT2D eigenvalue weighted by atomic mass is 10.2. The summed E-state index contributed by atoms with van der Waals surface area (Å²) in [6, 6.07) is 3.38. The highest BCUT2D eigenvalue weighted by atomic mass is 16.5. The molecule has 0 bridgehead atoms. The minimum Gasteiger partial charge on any atom is -0.481 e. The van der Waals surface area contributed by atoms with Crippen LogP contribution < -0.4 is 9.64 Å². The molecule has 4 heteroatoms. The monoisotopic (exact) mass is 194 g/mol. The molecule has 14 heavy (non-hydrogen) atoms. The molecule has 0 radical (unpaired) electrons. The molecule has 1 rings (SSSR count). The van der Waals surface area contributed by atoms with Crippen LogP contribution in [0.2, 0.25) is 0 Å². The van der Waals surface area contributed by atoms with Crippen molar-refractivity contribution in [1.29, 1.82) is 0 Å². The van der Waals surface area contributed by atoms with Gasteiger partial charge in [0, 0.05) is 25.7 Å². The first-order valence-corrected chi connectivity index (χ1v) is 4.29. The maximum atomic E-state index is 11.2. The first-order valence-electron chi connectivity index (χ1n) is 4.29. The van der Waals surface area contributed by atoms with Crippen LogP contribution in [-0.4, -0.2) is 32.0 Å². The Morgan fingerprint density at radius 1 is 1.43 bits per heavy atom. The lowest BCUT2D eigenvalue weighted by Crippen LogP contribution is -2.12. The van der Waals surface area contributed by atoms with E-state index in [4.69, 9.17) is 4.74 Å². The highest BCUT2D eigenvalue weighted by Crippen LogP contribution is 2.17. The third-order valence-corrected chi connectivity index (χ3v) is 1.86. The number of methoxy groups -OCH3 is 1. The van der Waals surface area contributed by atoms with Gasteiger partial charge in [0.15, 0.2) is 5.78 Å². The number of hydrogen-bond donors (Lipinski definition) is 0. The van der Waals surface area contributed by atoms with Gasteiger partial charge in [-0.15, -0.1) is 0 Å². The van der Waals surface area contributed by atoms with Crippen molar-refractivity contribution in [1.82, 2.24) is 4.98 Å². The fourth-order valence-electron chi connectivity index (χ4n) is 1.03. The van der Waals surface area contributed by atoms with Gasteiger partial charge in [-0.05, 0) is 13.0 Å². The summed E-state index contributed by atoms with van der Waals surface area (Å²) < 4.78 is 5.01. The van der Waals surface area contributed by atoms with E-state index >= 15 is 0 Å². The minimum atomic E-state index is 0.00815. The molecule has 0 atom stereocenters. The third kappa shape index (κ3) is 2.22. The number of Topliss-reactive ketones (excluding diaryl/α,β-unsaturated/α-hetero) is 1. The molecule has 0 unspecified atom stereocenters. The summed E-state index contributed by atoms with van der Waals surface area (Å²) in [6.07, 6.45) is 0. The molecule has 1 aromatic rings. The number of ether oxygens (including phenoxy) is 1. The van der Waals surface area contributed by atoms with Crippen LogP contribution in [0.4, 0.5) is 5.82 Å². The summed E-state index contributed by atoms with van der Waals surface area (Å²) in [4.78, 5) is 17.2. The quantitative estimate of drug-likeness (QED) is 0.681. The maximum absolute atomic E-state index is 11.2. The van der Waals surface area contributed by atoms with Gasteiger partial charge in [-0.2, -0.15) is 4.98 Å². The number of hydrogen-bond acceptors (Lipinski definition) is 4. The van der Waals surface area contributed by atoms with E-state index in [1.165, 1.54) is 14.0 Å². The predicted octanol–water partition coefficient (Wildman–Crippen LogP) is 1.36. The molecular formula is C10H14N2O2. The summed E-state index contributed by atoms with van der Waals surface area (Å²) in [5.41, 5.74) is 0.612. The molecule has 4 nitrogen and oxygen atoms in total. The predicted molar refractivity (Wildman–Crippen MR) is 55.1 cm³/mol. The second-order valence-corrected chi connectivity index (χ2v) is 3.21. The Labute approximate surface area is 83.5 Å². The van der Waals surface area contributed by atoms with Crippen molar-refractivity contribution in [2.75, 3.05) is 26.1 Å². The molecule has 0 aromatic carbocycles. The Hall–Kier alpha value is -1.58. The van der Waals surface area contributed by atoms with E-state index in [0.717, 1.165) is 5.82 Å². The highest BCUT2D eigenvalue weighted by molar-refractivity contribution is 5.95. The summed E-state index contributed by atoms with van der Waals surface area (Å²) in [5.74, 6) is 1.18. The average Bonchev–Trinajstić information content (AvgIpc) is 2.16. The number of pyridine rings is 1. The van der Waals surface area contributed by atoms with Crippen LogP contribution in [0.3, 0.4) is 0 Å². The fraction of sp³-hybridized carbons (Fsp3) is 0.400. The smallest absolute Gasteiger partial charge is 0.215 e. The van der Waals surface area contributed by atoms with Crippen molar-refractivity contribution >= 4 is 11.6 Å². The molecule has 1 aromatic heterocycles. The normalized spacial score (nSPS) is 9.71. The Kier molecular flexibility index (Phi) is 3.06. The molecule has 0 fully saturated rings. The van der Waals surface area contributed by atoms with Crippen LogP contribution in [0.15, 0.2) is 12.1 Å². The van der Waals surface area contributed by atoms with Crippen molar-refractivity contribution in [2.45, 2.75) is 6.92 Å². The summed E-state index contributed by atoms with van der Waals surface area (Å²) in [5, 5.41) is 0. The van der Waals surface area contributed by atoms with Crippen LogP contribution >= 0.6 is 0 Å². The van der Waals surface area contributed by atoms with Crippen LogP contribution in [0.25, 0.3) is 0 Å². The molecule has 0 saturated carbocycles. The number of anilines is 1. The van der Waals surface area contributed by atoms with Gasteiger partial charge in [0.05, 0.1) is 7.11 Å². The van der Waals surface area contributed by atoms with E-state index in [-0.39, 0.29) is 5.78 Å². The van der Waals surface area contributed by atoms with E-state index in [0.29, 0.717) is 11.4 Å². The minimum absolute atomic E-state index is 0.00815. The Morgan fingerprint density at radius 2 is 2.07 bits per heavy atom. The van der Waals surface area contributed by atoms with Crippen LogP contribution in [0.5, 0.6) is 5.88 Å². The standard InChI is InChI=1S/C10H14N2O2/c1-7(13)8-5-9(12(2)3)11-10(6-8)14-4/h5-6H,1-4H3. The molecule has 0 amide bonds. The van der Waals surface area contributed by atoms with E-state index in [2.05, 4.69) is 4.98 Å². The number of carbonyl (C=O) groups is 1. The van der Waals surface area contributed by atoms with Crippen LogP contribution in [0, 0.1) is 0 Å². The Morgan fingerprint density at radius 3 is 2.50 bits per heavy atom. The van der Waals surface area contributed by atoms with Crippen molar-refractivity contribution in [3.63, 3.8) is 0 Å².